The lowest BCUT2D eigenvalue weighted by molar-refractivity contribution is -0.192. The van der Waals surface area contributed by atoms with Crippen LogP contribution in [0.15, 0.2) is 60.7 Å². The molecule has 14 heteroatoms. The highest BCUT2D eigenvalue weighted by Gasteiger charge is 2.38. The van der Waals surface area contributed by atoms with Crippen LogP contribution in [0.4, 0.5) is 17.6 Å². The van der Waals surface area contributed by atoms with Crippen LogP contribution in [-0.4, -0.2) is 67.1 Å². The number of halogens is 5. The lowest BCUT2D eigenvalue weighted by Gasteiger charge is -2.29. The summed E-state index contributed by atoms with van der Waals surface area (Å²) in [4.78, 5) is 32.6. The predicted molar refractivity (Wildman–Crippen MR) is 166 cm³/mol. The van der Waals surface area contributed by atoms with Crippen LogP contribution in [0.5, 0.6) is 5.75 Å². The van der Waals surface area contributed by atoms with E-state index >= 15 is 4.39 Å². The fourth-order valence-corrected chi connectivity index (χ4v) is 5.48. The standard InChI is InChI=1S/C31H34ClFN2O5.C2HF3O2/c1-39-15-16-40-27-14-12-23(30(34)36)28(29(27)33)24-17-21(9-13-26(24)32)25(19-5-3-2-4-6-19)18-35-22-10-7-20(8-11-22)31(37)38;3-2(4,5)1(6)7/h2-6,9,12-14,17,20,22,25,35H,7-8,10-11,15-16,18H2,1H3,(H2,34,36)(H,37,38);(H,6,7). The van der Waals surface area contributed by atoms with Gasteiger partial charge in [-0.05, 0) is 61.1 Å². The Labute approximate surface area is 273 Å². The van der Waals surface area contributed by atoms with Gasteiger partial charge in [-0.1, -0.05) is 48.0 Å². The Kier molecular flexibility index (Phi) is 13.6. The third kappa shape index (κ3) is 10.4. The number of carbonyl (C=O) groups is 3. The summed E-state index contributed by atoms with van der Waals surface area (Å²) in [5.41, 5.74) is 7.88. The molecule has 1 saturated carbocycles. The van der Waals surface area contributed by atoms with E-state index in [0.29, 0.717) is 24.9 Å². The monoisotopic (exact) mass is 682 g/mol. The van der Waals surface area contributed by atoms with Crippen LogP contribution in [-0.2, 0) is 14.3 Å². The second kappa shape index (κ2) is 17.1. The number of carbonyl (C=O) groups excluding carboxylic acids is 1. The highest BCUT2D eigenvalue weighted by molar-refractivity contribution is 6.33. The van der Waals surface area contributed by atoms with Crippen molar-refractivity contribution in [3.05, 3.63) is 88.2 Å². The highest BCUT2D eigenvalue weighted by Crippen LogP contribution is 2.39. The first-order valence-electron chi connectivity index (χ1n) is 14.6. The smallest absolute Gasteiger partial charge is 0.488 e. The van der Waals surface area contributed by atoms with Gasteiger partial charge in [-0.2, -0.15) is 13.2 Å². The molecule has 1 unspecified atom stereocenters. The Bertz CT molecular complexity index is 1530. The molecule has 0 radical (unpaired) electrons. The zero-order valence-corrected chi connectivity index (χ0v) is 26.1. The Morgan fingerprint density at radius 2 is 1.62 bits per heavy atom. The Balaban J connectivity index is 0.000000771. The van der Waals surface area contributed by atoms with E-state index in [-0.39, 0.29) is 53.0 Å². The quantitative estimate of drug-likeness (QED) is 0.129. The van der Waals surface area contributed by atoms with Crippen molar-refractivity contribution < 1.29 is 51.6 Å². The second-order valence-corrected chi connectivity index (χ2v) is 11.2. The summed E-state index contributed by atoms with van der Waals surface area (Å²) >= 11 is 6.60. The zero-order valence-electron chi connectivity index (χ0n) is 25.4. The molecule has 0 saturated heterocycles. The number of nitrogens with two attached hydrogens (primary N) is 1. The topological polar surface area (TPSA) is 148 Å². The van der Waals surface area contributed by atoms with E-state index in [0.717, 1.165) is 24.0 Å². The molecule has 1 fully saturated rings. The van der Waals surface area contributed by atoms with Gasteiger partial charge in [0.15, 0.2) is 11.6 Å². The maximum absolute atomic E-state index is 15.8. The van der Waals surface area contributed by atoms with Gasteiger partial charge < -0.3 is 30.7 Å². The average molecular weight is 683 g/mol. The van der Waals surface area contributed by atoms with Gasteiger partial charge in [0.25, 0.3) is 0 Å². The van der Waals surface area contributed by atoms with E-state index in [1.54, 1.807) is 12.1 Å². The first-order valence-corrected chi connectivity index (χ1v) is 15.0. The normalized spacial score (nSPS) is 16.8. The molecule has 1 aliphatic carbocycles. The van der Waals surface area contributed by atoms with Crippen LogP contribution in [0.1, 0.15) is 53.1 Å². The molecular formula is C33H35ClF4N2O7. The van der Waals surface area contributed by atoms with Crippen LogP contribution in [0.25, 0.3) is 11.1 Å². The van der Waals surface area contributed by atoms with E-state index in [4.69, 9.17) is 36.7 Å². The van der Waals surface area contributed by atoms with Gasteiger partial charge in [0, 0.05) is 41.8 Å². The number of amides is 1. The minimum absolute atomic E-state index is 0.000202. The fourth-order valence-electron chi connectivity index (χ4n) is 5.27. The lowest BCUT2D eigenvalue weighted by atomic mass is 9.85. The van der Waals surface area contributed by atoms with Crippen molar-refractivity contribution in [3.63, 3.8) is 0 Å². The average Bonchev–Trinajstić information content (AvgIpc) is 3.03. The first-order chi connectivity index (χ1) is 22.2. The fraction of sp³-hybridized carbons (Fsp3) is 0.364. The minimum Gasteiger partial charge on any atom is -0.488 e. The number of hydrogen-bond acceptors (Lipinski definition) is 6. The van der Waals surface area contributed by atoms with Crippen molar-refractivity contribution in [3.8, 4) is 16.9 Å². The van der Waals surface area contributed by atoms with E-state index in [1.165, 1.54) is 19.2 Å². The molecule has 0 bridgehead atoms. The predicted octanol–water partition coefficient (Wildman–Crippen LogP) is 6.27. The number of hydrogen-bond donors (Lipinski definition) is 4. The molecule has 1 amide bonds. The summed E-state index contributed by atoms with van der Waals surface area (Å²) in [6, 6.07) is 18.3. The summed E-state index contributed by atoms with van der Waals surface area (Å²) in [5, 5.41) is 20.3. The molecule has 1 aliphatic rings. The lowest BCUT2D eigenvalue weighted by Crippen LogP contribution is -2.37. The van der Waals surface area contributed by atoms with Crippen molar-refractivity contribution in [1.29, 1.82) is 0 Å². The number of carboxylic acids is 2. The van der Waals surface area contributed by atoms with Crippen LogP contribution in [0.2, 0.25) is 5.02 Å². The molecule has 0 spiro atoms. The van der Waals surface area contributed by atoms with Gasteiger partial charge in [-0.15, -0.1) is 0 Å². The van der Waals surface area contributed by atoms with Gasteiger partial charge in [-0.3, -0.25) is 9.59 Å². The van der Waals surface area contributed by atoms with Crippen molar-refractivity contribution in [1.82, 2.24) is 5.32 Å². The van der Waals surface area contributed by atoms with Crippen molar-refractivity contribution in [2.45, 2.75) is 43.8 Å². The number of methoxy groups -OCH3 is 1. The Hall–Kier alpha value is -4.20. The van der Waals surface area contributed by atoms with Crippen LogP contribution in [0, 0.1) is 11.7 Å². The number of primary amides is 1. The number of rotatable bonds is 12. The molecule has 0 aromatic heterocycles. The molecule has 4 rings (SSSR count). The molecule has 254 valence electrons. The molecule has 9 nitrogen and oxygen atoms in total. The zero-order chi connectivity index (χ0) is 34.7. The minimum atomic E-state index is -5.08. The molecule has 0 heterocycles. The third-order valence-electron chi connectivity index (χ3n) is 7.71. The molecule has 0 aliphatic heterocycles. The Morgan fingerprint density at radius 3 is 2.17 bits per heavy atom. The molecule has 47 heavy (non-hydrogen) atoms. The first kappa shape index (κ1) is 37.3. The maximum Gasteiger partial charge on any atom is 0.490 e. The van der Waals surface area contributed by atoms with Gasteiger partial charge in [0.2, 0.25) is 5.91 Å². The van der Waals surface area contributed by atoms with Gasteiger partial charge in [-0.25, -0.2) is 9.18 Å². The van der Waals surface area contributed by atoms with Gasteiger partial charge >= 0.3 is 18.1 Å². The molecule has 3 aromatic rings. The summed E-state index contributed by atoms with van der Waals surface area (Å²) < 4.78 is 58.1. The number of carboxylic acid groups (broad SMARTS) is 2. The highest BCUT2D eigenvalue weighted by atomic mass is 35.5. The van der Waals surface area contributed by atoms with Crippen molar-refractivity contribution in [2.75, 3.05) is 26.9 Å². The van der Waals surface area contributed by atoms with Gasteiger partial charge in [0.1, 0.15) is 6.61 Å². The molecule has 1 atom stereocenters. The molecule has 5 N–H and O–H groups in total. The number of aliphatic carboxylic acids is 2. The molecule has 3 aromatic carbocycles. The van der Waals surface area contributed by atoms with Crippen molar-refractivity contribution in [2.24, 2.45) is 11.7 Å². The van der Waals surface area contributed by atoms with E-state index in [1.807, 2.05) is 36.4 Å². The number of benzene rings is 3. The summed E-state index contributed by atoms with van der Waals surface area (Å²) in [5.74, 6) is -5.43. The third-order valence-corrected chi connectivity index (χ3v) is 8.04. The number of nitrogens with one attached hydrogen (secondary N) is 1. The van der Waals surface area contributed by atoms with Crippen molar-refractivity contribution >= 4 is 29.4 Å². The second-order valence-electron chi connectivity index (χ2n) is 10.8. The molecular weight excluding hydrogens is 648 g/mol. The Morgan fingerprint density at radius 1 is 0.979 bits per heavy atom. The van der Waals surface area contributed by atoms with E-state index in [9.17, 15) is 27.9 Å². The van der Waals surface area contributed by atoms with Crippen LogP contribution in [0.3, 0.4) is 0 Å². The van der Waals surface area contributed by atoms with Gasteiger partial charge in [0.05, 0.1) is 18.1 Å². The van der Waals surface area contributed by atoms with Crippen LogP contribution >= 0.6 is 11.6 Å². The van der Waals surface area contributed by atoms with Crippen LogP contribution < -0.4 is 15.8 Å². The summed E-state index contributed by atoms with van der Waals surface area (Å²) in [6.45, 7) is 0.984. The number of ether oxygens (including phenoxy) is 2. The largest absolute Gasteiger partial charge is 0.490 e. The number of alkyl halides is 3. The summed E-state index contributed by atoms with van der Waals surface area (Å²) in [7, 11) is 1.52. The van der Waals surface area contributed by atoms with E-state index in [2.05, 4.69) is 5.32 Å². The summed E-state index contributed by atoms with van der Waals surface area (Å²) in [6.07, 6.45) is -2.22. The maximum atomic E-state index is 15.8. The van der Waals surface area contributed by atoms with E-state index < -0.39 is 29.8 Å². The SMILES string of the molecule is COCCOc1ccc(C(N)=O)c(-c2cc(C(CNC3CCC(C(=O)O)CC3)c3ccccc3)ccc2Cl)c1F.O=C(O)C(F)(F)F.